The molecule has 118 valence electrons. The molecule has 3 atom stereocenters. The summed E-state index contributed by atoms with van der Waals surface area (Å²) < 4.78 is 0. The molecule has 2 fully saturated rings. The zero-order chi connectivity index (χ0) is 14.6. The van der Waals surface area contributed by atoms with Gasteiger partial charge in [0.1, 0.15) is 0 Å². The molecule has 2 N–H and O–H groups in total. The Morgan fingerprint density at radius 2 is 1.80 bits per heavy atom. The summed E-state index contributed by atoms with van der Waals surface area (Å²) in [6.45, 7) is 10.6. The third kappa shape index (κ3) is 3.76. The van der Waals surface area contributed by atoms with E-state index in [0.29, 0.717) is 5.54 Å². The number of likely N-dealkylation sites (tertiary alicyclic amines) is 1. The highest BCUT2D eigenvalue weighted by atomic mass is 15.2. The highest BCUT2D eigenvalue weighted by molar-refractivity contribution is 4.98. The fourth-order valence-corrected chi connectivity index (χ4v) is 5.12. The second-order valence-corrected chi connectivity index (χ2v) is 7.86. The average Bonchev–Trinajstić information content (AvgIpc) is 2.64. The van der Waals surface area contributed by atoms with Crippen molar-refractivity contribution in [1.29, 1.82) is 0 Å². The minimum Gasteiger partial charge on any atom is -0.329 e. The van der Waals surface area contributed by atoms with Crippen molar-refractivity contribution in [2.24, 2.45) is 23.5 Å². The third-order valence-electron chi connectivity index (χ3n) is 5.86. The lowest BCUT2D eigenvalue weighted by atomic mass is 9.70. The molecule has 2 rings (SSSR count). The quantitative estimate of drug-likeness (QED) is 0.842. The first-order valence-corrected chi connectivity index (χ1v) is 9.04. The van der Waals surface area contributed by atoms with E-state index in [1.54, 1.807) is 0 Å². The normalized spacial score (nSPS) is 40.5. The van der Waals surface area contributed by atoms with Crippen molar-refractivity contribution in [3.8, 4) is 0 Å². The number of rotatable bonds is 4. The molecular weight excluding hydrogens is 244 g/mol. The summed E-state index contributed by atoms with van der Waals surface area (Å²) in [6.07, 6.45) is 11.0. The Morgan fingerprint density at radius 3 is 2.40 bits per heavy atom. The van der Waals surface area contributed by atoms with E-state index >= 15 is 0 Å². The molecule has 0 bridgehead atoms. The molecule has 1 saturated heterocycles. The van der Waals surface area contributed by atoms with Crippen molar-refractivity contribution in [2.75, 3.05) is 19.6 Å². The van der Waals surface area contributed by atoms with Crippen molar-refractivity contribution in [1.82, 2.24) is 4.90 Å². The van der Waals surface area contributed by atoms with Gasteiger partial charge in [0, 0.05) is 12.1 Å². The SMILES string of the molecule is CCCC1CCCN(C2(CN)CC(C)CC(C)C2)CC1. The molecule has 2 aliphatic rings. The van der Waals surface area contributed by atoms with Crippen LogP contribution in [0.5, 0.6) is 0 Å². The molecule has 0 amide bonds. The molecule has 1 heterocycles. The van der Waals surface area contributed by atoms with Crippen LogP contribution in [0.3, 0.4) is 0 Å². The van der Waals surface area contributed by atoms with E-state index in [9.17, 15) is 0 Å². The lowest BCUT2D eigenvalue weighted by molar-refractivity contribution is 0.0209. The van der Waals surface area contributed by atoms with Crippen LogP contribution < -0.4 is 5.73 Å². The molecule has 1 saturated carbocycles. The maximum atomic E-state index is 6.30. The molecule has 0 aromatic carbocycles. The zero-order valence-corrected chi connectivity index (χ0v) is 14.0. The Kier molecular flexibility index (Phi) is 5.92. The van der Waals surface area contributed by atoms with Crippen LogP contribution in [-0.2, 0) is 0 Å². The van der Waals surface area contributed by atoms with Gasteiger partial charge in [0.05, 0.1) is 0 Å². The predicted molar refractivity (Wildman–Crippen MR) is 87.8 cm³/mol. The van der Waals surface area contributed by atoms with E-state index in [1.165, 1.54) is 64.5 Å². The third-order valence-corrected chi connectivity index (χ3v) is 5.86. The smallest absolute Gasteiger partial charge is 0.0336 e. The topological polar surface area (TPSA) is 29.3 Å². The molecule has 2 nitrogen and oxygen atoms in total. The summed E-state index contributed by atoms with van der Waals surface area (Å²) in [5, 5.41) is 0. The van der Waals surface area contributed by atoms with Crippen LogP contribution >= 0.6 is 0 Å². The fourth-order valence-electron chi connectivity index (χ4n) is 5.12. The summed E-state index contributed by atoms with van der Waals surface area (Å²) >= 11 is 0. The minimum absolute atomic E-state index is 0.318. The molecular formula is C18H36N2. The molecule has 0 aromatic rings. The predicted octanol–water partition coefficient (Wildman–Crippen LogP) is 4.04. The molecule has 1 aliphatic heterocycles. The Hall–Kier alpha value is -0.0800. The van der Waals surface area contributed by atoms with Crippen molar-refractivity contribution < 1.29 is 0 Å². The Balaban J connectivity index is 2.03. The minimum atomic E-state index is 0.318. The average molecular weight is 281 g/mol. The molecule has 2 heteroatoms. The first-order valence-electron chi connectivity index (χ1n) is 9.04. The van der Waals surface area contributed by atoms with Crippen LogP contribution in [0, 0.1) is 17.8 Å². The van der Waals surface area contributed by atoms with Gasteiger partial charge in [-0.05, 0) is 69.4 Å². The first-order chi connectivity index (χ1) is 9.59. The highest BCUT2D eigenvalue weighted by Gasteiger charge is 2.41. The standard InChI is InChI=1S/C18H36N2/c1-4-6-17-7-5-9-20(10-8-17)18(14-19)12-15(2)11-16(3)13-18/h15-17H,4-14,19H2,1-3H3. The fraction of sp³-hybridized carbons (Fsp3) is 1.00. The van der Waals surface area contributed by atoms with E-state index in [0.717, 1.165) is 24.3 Å². The largest absolute Gasteiger partial charge is 0.329 e. The monoisotopic (exact) mass is 280 g/mol. The van der Waals surface area contributed by atoms with Gasteiger partial charge in [0.25, 0.3) is 0 Å². The zero-order valence-electron chi connectivity index (χ0n) is 14.0. The van der Waals surface area contributed by atoms with Gasteiger partial charge in [0.15, 0.2) is 0 Å². The summed E-state index contributed by atoms with van der Waals surface area (Å²) in [5.41, 5.74) is 6.61. The molecule has 0 radical (unpaired) electrons. The van der Waals surface area contributed by atoms with E-state index in [2.05, 4.69) is 25.7 Å². The molecule has 1 aliphatic carbocycles. The molecule has 0 aromatic heterocycles. The number of nitrogens with two attached hydrogens (primary N) is 1. The van der Waals surface area contributed by atoms with Crippen LogP contribution in [0.2, 0.25) is 0 Å². The number of hydrogen-bond acceptors (Lipinski definition) is 2. The summed E-state index contributed by atoms with van der Waals surface area (Å²) in [5.74, 6) is 2.66. The highest BCUT2D eigenvalue weighted by Crippen LogP contribution is 2.40. The molecule has 3 unspecified atom stereocenters. The maximum Gasteiger partial charge on any atom is 0.0336 e. The van der Waals surface area contributed by atoms with Crippen LogP contribution in [0.4, 0.5) is 0 Å². The number of hydrogen-bond donors (Lipinski definition) is 1. The van der Waals surface area contributed by atoms with Crippen molar-refractivity contribution in [3.05, 3.63) is 0 Å². The van der Waals surface area contributed by atoms with E-state index < -0.39 is 0 Å². The van der Waals surface area contributed by atoms with Gasteiger partial charge < -0.3 is 5.73 Å². The van der Waals surface area contributed by atoms with Crippen LogP contribution in [-0.4, -0.2) is 30.1 Å². The summed E-state index contributed by atoms with van der Waals surface area (Å²) in [6, 6.07) is 0. The van der Waals surface area contributed by atoms with Crippen molar-refractivity contribution in [3.63, 3.8) is 0 Å². The Labute approximate surface area is 126 Å². The Bertz CT molecular complexity index is 279. The van der Waals surface area contributed by atoms with Gasteiger partial charge in [-0.1, -0.05) is 33.6 Å². The van der Waals surface area contributed by atoms with Crippen LogP contribution in [0.25, 0.3) is 0 Å². The van der Waals surface area contributed by atoms with Crippen molar-refractivity contribution in [2.45, 2.75) is 77.7 Å². The van der Waals surface area contributed by atoms with Gasteiger partial charge in [0.2, 0.25) is 0 Å². The van der Waals surface area contributed by atoms with Gasteiger partial charge in [-0.15, -0.1) is 0 Å². The Morgan fingerprint density at radius 1 is 1.10 bits per heavy atom. The van der Waals surface area contributed by atoms with Crippen molar-refractivity contribution >= 4 is 0 Å². The van der Waals surface area contributed by atoms with Crippen LogP contribution in [0.15, 0.2) is 0 Å². The van der Waals surface area contributed by atoms with Gasteiger partial charge in [-0.3, -0.25) is 4.90 Å². The van der Waals surface area contributed by atoms with Gasteiger partial charge in [-0.25, -0.2) is 0 Å². The molecule has 0 spiro atoms. The van der Waals surface area contributed by atoms with Crippen LogP contribution in [0.1, 0.15) is 72.1 Å². The second-order valence-electron chi connectivity index (χ2n) is 7.86. The second kappa shape index (κ2) is 7.26. The maximum absolute atomic E-state index is 6.30. The van der Waals surface area contributed by atoms with E-state index in [-0.39, 0.29) is 0 Å². The van der Waals surface area contributed by atoms with Gasteiger partial charge in [-0.2, -0.15) is 0 Å². The summed E-state index contributed by atoms with van der Waals surface area (Å²) in [7, 11) is 0. The van der Waals surface area contributed by atoms with E-state index in [4.69, 9.17) is 5.73 Å². The lowest BCUT2D eigenvalue weighted by Crippen LogP contribution is -2.57. The summed E-state index contributed by atoms with van der Waals surface area (Å²) in [4.78, 5) is 2.80. The lowest BCUT2D eigenvalue weighted by Gasteiger charge is -2.49. The number of nitrogens with zero attached hydrogens (tertiary/aromatic N) is 1. The molecule has 20 heavy (non-hydrogen) atoms. The first kappa shape index (κ1) is 16.3. The van der Waals surface area contributed by atoms with Gasteiger partial charge >= 0.3 is 0 Å². The van der Waals surface area contributed by atoms with E-state index in [1.807, 2.05) is 0 Å².